The topological polar surface area (TPSA) is 0 Å². The Kier molecular flexibility index (Phi) is 24.3. The number of rotatable bonds is 24. The van der Waals surface area contributed by atoms with E-state index in [-0.39, 0.29) is 0 Å². The van der Waals surface area contributed by atoms with Gasteiger partial charge in [-0.3, -0.25) is 0 Å². The highest BCUT2D eigenvalue weighted by Crippen LogP contribution is 2.20. The van der Waals surface area contributed by atoms with Crippen molar-refractivity contribution in [2.24, 2.45) is 11.8 Å². The van der Waals surface area contributed by atoms with Gasteiger partial charge in [0.1, 0.15) is 0 Å². The van der Waals surface area contributed by atoms with Crippen molar-refractivity contribution in [3.8, 4) is 0 Å². The molecule has 0 aliphatic heterocycles. The fourth-order valence-electron chi connectivity index (χ4n) is 4.69. The van der Waals surface area contributed by atoms with Crippen LogP contribution in [0.25, 0.3) is 0 Å². The lowest BCUT2D eigenvalue weighted by Gasteiger charge is -2.11. The summed E-state index contributed by atoms with van der Waals surface area (Å²) in [6, 6.07) is 0. The van der Waals surface area contributed by atoms with Gasteiger partial charge in [-0.2, -0.15) is 0 Å². The fourth-order valence-corrected chi connectivity index (χ4v) is 4.69. The summed E-state index contributed by atoms with van der Waals surface area (Å²) < 4.78 is 0. The second-order valence-electron chi connectivity index (χ2n) is 10.4. The normalized spacial score (nSPS) is 13.7. The van der Waals surface area contributed by atoms with Crippen LogP contribution in [0.2, 0.25) is 0 Å². The van der Waals surface area contributed by atoms with E-state index < -0.39 is 0 Å². The van der Waals surface area contributed by atoms with Crippen LogP contribution in [0.3, 0.4) is 0 Å². The van der Waals surface area contributed by atoms with E-state index >= 15 is 0 Å². The quantitative estimate of drug-likeness (QED) is 0.139. The maximum atomic E-state index is 2.49. The van der Waals surface area contributed by atoms with E-state index in [1.807, 2.05) is 0 Å². The van der Waals surface area contributed by atoms with Crippen LogP contribution in [0.15, 0.2) is 0 Å². The molecule has 0 unspecified atom stereocenters. The molecule has 0 aromatic heterocycles. The van der Waals surface area contributed by atoms with Crippen molar-refractivity contribution in [3.05, 3.63) is 0 Å². The molecule has 176 valence electrons. The minimum atomic E-state index is 0.966. The molecule has 0 amide bonds. The molecule has 2 atom stereocenters. The molecule has 0 N–H and O–H groups in total. The third kappa shape index (κ3) is 24.1. The lowest BCUT2D eigenvalue weighted by Crippen LogP contribution is -1.95. The molecule has 0 nitrogen and oxygen atoms in total. The molecule has 0 heterocycles. The first kappa shape index (κ1) is 29.0. The van der Waals surface area contributed by atoms with Gasteiger partial charge in [0.2, 0.25) is 0 Å². The summed E-state index contributed by atoms with van der Waals surface area (Å²) >= 11 is 0. The van der Waals surface area contributed by atoms with E-state index in [9.17, 15) is 0 Å². The summed E-state index contributed by atoms with van der Waals surface area (Å²) in [7, 11) is 0. The zero-order valence-electron chi connectivity index (χ0n) is 21.4. The van der Waals surface area contributed by atoms with E-state index in [1.165, 1.54) is 148 Å². The molecule has 0 aromatic rings. The van der Waals surface area contributed by atoms with Crippen LogP contribution >= 0.6 is 0 Å². The van der Waals surface area contributed by atoms with Gasteiger partial charge in [-0.1, -0.05) is 175 Å². The second-order valence-corrected chi connectivity index (χ2v) is 10.4. The van der Waals surface area contributed by atoms with Crippen molar-refractivity contribution in [1.82, 2.24) is 0 Å². The second kappa shape index (κ2) is 24.3. The average Bonchev–Trinajstić information content (AvgIpc) is 2.72. The van der Waals surface area contributed by atoms with Crippen LogP contribution in [0.1, 0.15) is 175 Å². The predicted octanol–water partition coefficient (Wildman–Crippen LogP) is 11.3. The third-order valence-corrected chi connectivity index (χ3v) is 6.99. The van der Waals surface area contributed by atoms with Crippen LogP contribution < -0.4 is 0 Å². The number of hydrogen-bond acceptors (Lipinski definition) is 0. The Balaban J connectivity index is 3.18. The van der Waals surface area contributed by atoms with Crippen molar-refractivity contribution < 1.29 is 0 Å². The molecule has 0 fully saturated rings. The molecule has 0 saturated heterocycles. The van der Waals surface area contributed by atoms with Gasteiger partial charge >= 0.3 is 0 Å². The Morgan fingerprint density at radius 1 is 0.310 bits per heavy atom. The Labute approximate surface area is 187 Å². The Bertz CT molecular complexity index is 282. The van der Waals surface area contributed by atoms with Crippen LogP contribution in [0.4, 0.5) is 0 Å². The SMILES string of the molecule is CCCCCCCCCC[C@H](C)CCCCCCCCCCC[C@H](C)CCCC. The van der Waals surface area contributed by atoms with Crippen LogP contribution in [-0.2, 0) is 0 Å². The smallest absolute Gasteiger partial charge is 0.0443 e. The zero-order valence-corrected chi connectivity index (χ0v) is 21.4. The molecule has 29 heavy (non-hydrogen) atoms. The number of unbranched alkanes of at least 4 members (excludes halogenated alkanes) is 16. The van der Waals surface area contributed by atoms with Crippen LogP contribution in [0.5, 0.6) is 0 Å². The van der Waals surface area contributed by atoms with Gasteiger partial charge in [0, 0.05) is 0 Å². The van der Waals surface area contributed by atoms with Gasteiger partial charge in [-0.25, -0.2) is 0 Å². The molecular formula is C29H60. The predicted molar refractivity (Wildman–Crippen MR) is 136 cm³/mol. The van der Waals surface area contributed by atoms with Crippen LogP contribution in [-0.4, -0.2) is 0 Å². The highest BCUT2D eigenvalue weighted by molar-refractivity contribution is 4.57. The Hall–Kier alpha value is 0. The Morgan fingerprint density at radius 3 is 0.862 bits per heavy atom. The van der Waals surface area contributed by atoms with Crippen molar-refractivity contribution >= 4 is 0 Å². The van der Waals surface area contributed by atoms with Crippen molar-refractivity contribution in [1.29, 1.82) is 0 Å². The minimum absolute atomic E-state index is 0.966. The van der Waals surface area contributed by atoms with E-state index in [2.05, 4.69) is 27.7 Å². The maximum absolute atomic E-state index is 2.49. The molecule has 0 bridgehead atoms. The van der Waals surface area contributed by atoms with E-state index in [4.69, 9.17) is 0 Å². The number of hydrogen-bond donors (Lipinski definition) is 0. The molecule has 0 aromatic carbocycles. The zero-order chi connectivity index (χ0) is 21.4. The van der Waals surface area contributed by atoms with Gasteiger partial charge in [-0.15, -0.1) is 0 Å². The molecule has 0 rings (SSSR count). The summed E-state index contributed by atoms with van der Waals surface area (Å²) in [4.78, 5) is 0. The molecule has 0 radical (unpaired) electrons. The average molecular weight is 409 g/mol. The van der Waals surface area contributed by atoms with Gasteiger partial charge in [-0.05, 0) is 11.8 Å². The van der Waals surface area contributed by atoms with Gasteiger partial charge in [0.15, 0.2) is 0 Å². The molecule has 0 aliphatic rings. The van der Waals surface area contributed by atoms with E-state index in [0.29, 0.717) is 0 Å². The van der Waals surface area contributed by atoms with Gasteiger partial charge in [0.25, 0.3) is 0 Å². The summed E-state index contributed by atoms with van der Waals surface area (Å²) in [5, 5.41) is 0. The summed E-state index contributed by atoms with van der Waals surface area (Å²) in [5.74, 6) is 1.93. The van der Waals surface area contributed by atoms with Crippen molar-refractivity contribution in [2.45, 2.75) is 175 Å². The Morgan fingerprint density at radius 2 is 0.552 bits per heavy atom. The van der Waals surface area contributed by atoms with E-state index in [1.54, 1.807) is 0 Å². The highest BCUT2D eigenvalue weighted by Gasteiger charge is 2.03. The molecule has 0 spiro atoms. The highest BCUT2D eigenvalue weighted by atomic mass is 14.1. The van der Waals surface area contributed by atoms with Crippen LogP contribution in [0, 0.1) is 11.8 Å². The molecule has 0 heteroatoms. The van der Waals surface area contributed by atoms with E-state index in [0.717, 1.165) is 11.8 Å². The standard InChI is InChI=1S/C29H60/c1-5-7-9-10-11-15-18-22-26-29(4)27-23-20-17-14-12-13-16-19-21-25-28(3)24-8-6-2/h28-29H,5-27H2,1-4H3/t28-,29+/m1/s1. The molecule has 0 aliphatic carbocycles. The summed E-state index contributed by atoms with van der Waals surface area (Å²) in [6.07, 6.45) is 33.7. The first-order chi connectivity index (χ1) is 14.2. The van der Waals surface area contributed by atoms with Crippen molar-refractivity contribution in [2.75, 3.05) is 0 Å². The molecule has 0 saturated carbocycles. The lowest BCUT2D eigenvalue weighted by atomic mass is 9.95. The first-order valence-corrected chi connectivity index (χ1v) is 14.2. The van der Waals surface area contributed by atoms with Crippen molar-refractivity contribution in [3.63, 3.8) is 0 Å². The maximum Gasteiger partial charge on any atom is -0.0443 e. The molecular weight excluding hydrogens is 348 g/mol. The fraction of sp³-hybridized carbons (Fsp3) is 1.00. The first-order valence-electron chi connectivity index (χ1n) is 14.2. The monoisotopic (exact) mass is 408 g/mol. The summed E-state index contributed by atoms with van der Waals surface area (Å²) in [5.41, 5.74) is 0. The van der Waals surface area contributed by atoms with Gasteiger partial charge in [0.05, 0.1) is 0 Å². The summed E-state index contributed by atoms with van der Waals surface area (Å²) in [6.45, 7) is 9.56. The minimum Gasteiger partial charge on any atom is -0.0654 e. The largest absolute Gasteiger partial charge is 0.0654 e. The lowest BCUT2D eigenvalue weighted by molar-refractivity contribution is 0.428. The van der Waals surface area contributed by atoms with Gasteiger partial charge < -0.3 is 0 Å². The third-order valence-electron chi connectivity index (χ3n) is 6.99.